The Balaban J connectivity index is 0.00000242. The number of aryl methyl sites for hydroxylation is 1. The summed E-state index contributed by atoms with van der Waals surface area (Å²) in [5, 5.41) is 9.87. The van der Waals surface area contributed by atoms with Crippen LogP contribution >= 0.6 is 17.0 Å². The first-order valence-corrected chi connectivity index (χ1v) is 7.23. The number of halogens is 1. The second-order valence-corrected chi connectivity index (χ2v) is 4.95. The number of aliphatic imine (C=N–C) groups is 1. The topological polar surface area (TPSA) is 41.8 Å². The van der Waals surface area contributed by atoms with Gasteiger partial charge in [-0.05, 0) is 42.7 Å². The summed E-state index contributed by atoms with van der Waals surface area (Å²) in [4.78, 5) is 4.39. The summed E-state index contributed by atoms with van der Waals surface area (Å²) in [5.74, 6) is 0.794. The Hall–Kier alpha value is -1.81. The van der Waals surface area contributed by atoms with E-state index in [2.05, 4.69) is 24.0 Å². The van der Waals surface area contributed by atoms with Crippen molar-refractivity contribution in [3.8, 4) is 11.5 Å². The highest BCUT2D eigenvalue weighted by Crippen LogP contribution is 2.23. The van der Waals surface area contributed by atoms with Gasteiger partial charge < -0.3 is 9.84 Å². The molecule has 2 rings (SSSR count). The number of aromatic hydroxyl groups is 1. The minimum absolute atomic E-state index is 0. The highest BCUT2D eigenvalue weighted by Gasteiger charge is 2.00. The normalized spacial score (nSPS) is 10.5. The number of rotatable bonds is 6. The second kappa shape index (κ2) is 9.26. The Bertz CT molecular complexity index is 609. The summed E-state index contributed by atoms with van der Waals surface area (Å²) in [6.45, 7) is 2.19. The van der Waals surface area contributed by atoms with Gasteiger partial charge in [-0.3, -0.25) is 4.99 Å². The molecule has 0 atom stereocenters. The highest BCUT2D eigenvalue weighted by molar-refractivity contribution is 8.93. The van der Waals surface area contributed by atoms with Crippen LogP contribution in [-0.2, 0) is 6.42 Å². The monoisotopic (exact) mass is 363 g/mol. The molecule has 1 N–H and O–H groups in total. The van der Waals surface area contributed by atoms with Gasteiger partial charge in [-0.2, -0.15) is 0 Å². The molecule has 0 amide bonds. The van der Waals surface area contributed by atoms with Crippen molar-refractivity contribution in [3.63, 3.8) is 0 Å². The SMILES string of the molecule is Br.CCCCc1ccc(N=Cc2ccc(OC)cc2O)cc1. The number of phenols is 1. The molecule has 2 aromatic rings. The minimum atomic E-state index is 0. The molecular formula is C18H22BrNO2. The molecule has 0 heterocycles. The van der Waals surface area contributed by atoms with E-state index in [0.717, 1.165) is 12.1 Å². The number of unbranched alkanes of at least 4 members (excludes halogenated alkanes) is 1. The third-order valence-electron chi connectivity index (χ3n) is 3.35. The first-order chi connectivity index (χ1) is 10.2. The molecule has 3 nitrogen and oxygen atoms in total. The van der Waals surface area contributed by atoms with E-state index in [1.54, 1.807) is 31.5 Å². The van der Waals surface area contributed by atoms with Crippen LogP contribution in [0.4, 0.5) is 5.69 Å². The Morgan fingerprint density at radius 2 is 1.86 bits per heavy atom. The van der Waals surface area contributed by atoms with E-state index in [1.165, 1.54) is 18.4 Å². The molecule has 0 aliphatic heterocycles. The fraction of sp³-hybridized carbons (Fsp3) is 0.278. The maximum Gasteiger partial charge on any atom is 0.128 e. The predicted molar refractivity (Wildman–Crippen MR) is 97.3 cm³/mol. The largest absolute Gasteiger partial charge is 0.507 e. The number of hydrogen-bond donors (Lipinski definition) is 1. The lowest BCUT2D eigenvalue weighted by molar-refractivity contribution is 0.407. The summed E-state index contributed by atoms with van der Waals surface area (Å²) < 4.78 is 5.05. The van der Waals surface area contributed by atoms with Crippen LogP contribution in [0.15, 0.2) is 47.5 Å². The molecule has 0 spiro atoms. The molecule has 0 unspecified atom stereocenters. The van der Waals surface area contributed by atoms with Gasteiger partial charge in [0, 0.05) is 17.8 Å². The molecule has 0 fully saturated rings. The van der Waals surface area contributed by atoms with E-state index in [-0.39, 0.29) is 22.7 Å². The lowest BCUT2D eigenvalue weighted by atomic mass is 10.1. The van der Waals surface area contributed by atoms with Crippen molar-refractivity contribution in [1.29, 1.82) is 0 Å². The smallest absolute Gasteiger partial charge is 0.128 e. The second-order valence-electron chi connectivity index (χ2n) is 4.95. The van der Waals surface area contributed by atoms with Gasteiger partial charge in [0.05, 0.1) is 12.8 Å². The fourth-order valence-corrected chi connectivity index (χ4v) is 2.03. The van der Waals surface area contributed by atoms with Crippen molar-refractivity contribution >= 4 is 28.9 Å². The Labute approximate surface area is 142 Å². The van der Waals surface area contributed by atoms with Crippen molar-refractivity contribution in [2.24, 2.45) is 4.99 Å². The Morgan fingerprint density at radius 1 is 1.14 bits per heavy atom. The van der Waals surface area contributed by atoms with Gasteiger partial charge in [-0.25, -0.2) is 0 Å². The number of nitrogens with zero attached hydrogens (tertiary/aromatic N) is 1. The van der Waals surface area contributed by atoms with Crippen LogP contribution in [0.25, 0.3) is 0 Å². The van der Waals surface area contributed by atoms with Gasteiger partial charge in [0.1, 0.15) is 11.5 Å². The Morgan fingerprint density at radius 3 is 2.45 bits per heavy atom. The third kappa shape index (κ3) is 5.19. The van der Waals surface area contributed by atoms with Gasteiger partial charge in [0.2, 0.25) is 0 Å². The third-order valence-corrected chi connectivity index (χ3v) is 3.35. The van der Waals surface area contributed by atoms with Crippen LogP contribution in [0.3, 0.4) is 0 Å². The molecule has 0 aliphatic carbocycles. The average Bonchev–Trinajstić information content (AvgIpc) is 2.52. The average molecular weight is 364 g/mol. The molecule has 0 aromatic heterocycles. The molecule has 4 heteroatoms. The van der Waals surface area contributed by atoms with Crippen LogP contribution < -0.4 is 4.74 Å². The van der Waals surface area contributed by atoms with E-state index < -0.39 is 0 Å². The molecule has 0 bridgehead atoms. The molecule has 0 aliphatic rings. The van der Waals surface area contributed by atoms with Gasteiger partial charge in [0.25, 0.3) is 0 Å². The molecule has 0 radical (unpaired) electrons. The lowest BCUT2D eigenvalue weighted by Gasteiger charge is -2.03. The summed E-state index contributed by atoms with van der Waals surface area (Å²) in [6.07, 6.45) is 5.19. The summed E-state index contributed by atoms with van der Waals surface area (Å²) >= 11 is 0. The molecular weight excluding hydrogens is 342 g/mol. The molecule has 0 saturated heterocycles. The van der Waals surface area contributed by atoms with E-state index >= 15 is 0 Å². The first kappa shape index (κ1) is 18.2. The first-order valence-electron chi connectivity index (χ1n) is 7.23. The van der Waals surface area contributed by atoms with Crippen molar-refractivity contribution in [2.75, 3.05) is 7.11 Å². The zero-order valence-electron chi connectivity index (χ0n) is 13.0. The molecule has 22 heavy (non-hydrogen) atoms. The molecule has 118 valence electrons. The highest BCUT2D eigenvalue weighted by atomic mass is 79.9. The fourth-order valence-electron chi connectivity index (χ4n) is 2.03. The van der Waals surface area contributed by atoms with Crippen molar-refractivity contribution in [3.05, 3.63) is 53.6 Å². The summed E-state index contributed by atoms with van der Waals surface area (Å²) in [5.41, 5.74) is 2.89. The number of methoxy groups -OCH3 is 1. The van der Waals surface area contributed by atoms with Crippen LogP contribution in [0.5, 0.6) is 11.5 Å². The van der Waals surface area contributed by atoms with Crippen molar-refractivity contribution in [1.82, 2.24) is 0 Å². The van der Waals surface area contributed by atoms with E-state index in [9.17, 15) is 5.11 Å². The van der Waals surface area contributed by atoms with Crippen molar-refractivity contribution in [2.45, 2.75) is 26.2 Å². The number of ether oxygens (including phenoxy) is 1. The number of phenolic OH excluding ortho intramolecular Hbond substituents is 1. The van der Waals surface area contributed by atoms with E-state index in [0.29, 0.717) is 11.3 Å². The van der Waals surface area contributed by atoms with E-state index in [1.807, 2.05) is 12.1 Å². The van der Waals surface area contributed by atoms with Gasteiger partial charge in [0.15, 0.2) is 0 Å². The number of benzene rings is 2. The van der Waals surface area contributed by atoms with Gasteiger partial charge in [-0.1, -0.05) is 25.5 Å². The van der Waals surface area contributed by atoms with Gasteiger partial charge in [-0.15, -0.1) is 17.0 Å². The molecule has 2 aromatic carbocycles. The zero-order chi connectivity index (χ0) is 15.1. The maximum absolute atomic E-state index is 9.87. The standard InChI is InChI=1S/C18H21NO2.BrH/c1-3-4-5-14-6-9-16(10-7-14)19-13-15-8-11-17(21-2)12-18(15)20;/h6-13,20H,3-5H2,1-2H3;1H. The lowest BCUT2D eigenvalue weighted by Crippen LogP contribution is -1.86. The van der Waals surface area contributed by atoms with E-state index in [4.69, 9.17) is 4.74 Å². The quantitative estimate of drug-likeness (QED) is 0.727. The Kier molecular flexibility index (Phi) is 7.67. The maximum atomic E-state index is 9.87. The van der Waals surface area contributed by atoms with Gasteiger partial charge >= 0.3 is 0 Å². The van der Waals surface area contributed by atoms with Crippen LogP contribution in [-0.4, -0.2) is 18.4 Å². The number of hydrogen-bond acceptors (Lipinski definition) is 3. The summed E-state index contributed by atoms with van der Waals surface area (Å²) in [7, 11) is 1.57. The molecule has 0 saturated carbocycles. The van der Waals surface area contributed by atoms with Crippen LogP contribution in [0, 0.1) is 0 Å². The van der Waals surface area contributed by atoms with Crippen LogP contribution in [0.2, 0.25) is 0 Å². The predicted octanol–water partition coefficient (Wildman–Crippen LogP) is 5.07. The minimum Gasteiger partial charge on any atom is -0.507 e. The van der Waals surface area contributed by atoms with Crippen LogP contribution in [0.1, 0.15) is 30.9 Å². The van der Waals surface area contributed by atoms with Crippen molar-refractivity contribution < 1.29 is 9.84 Å². The zero-order valence-corrected chi connectivity index (χ0v) is 14.7. The summed E-state index contributed by atoms with van der Waals surface area (Å²) in [6, 6.07) is 13.4.